The Morgan fingerprint density at radius 3 is 2.73 bits per heavy atom. The van der Waals surface area contributed by atoms with Gasteiger partial charge in [0.05, 0.1) is 22.0 Å². The van der Waals surface area contributed by atoms with Crippen LogP contribution in [0.2, 0.25) is 4.34 Å². The summed E-state index contributed by atoms with van der Waals surface area (Å²) in [7, 11) is 0. The van der Waals surface area contributed by atoms with E-state index >= 15 is 0 Å². The number of para-hydroxylation sites is 1. The molecular formula is C19H17ClN2O3S. The molecule has 0 saturated carbocycles. The van der Waals surface area contributed by atoms with Crippen LogP contribution in [0, 0.1) is 0 Å². The van der Waals surface area contributed by atoms with Crippen LogP contribution in [0.15, 0.2) is 48.7 Å². The van der Waals surface area contributed by atoms with E-state index in [4.69, 9.17) is 16.3 Å². The minimum absolute atomic E-state index is 0.251. The van der Waals surface area contributed by atoms with Crippen molar-refractivity contribution in [2.45, 2.75) is 13.5 Å². The van der Waals surface area contributed by atoms with Crippen molar-refractivity contribution in [1.29, 1.82) is 0 Å². The topological polar surface area (TPSA) is 59.5 Å². The van der Waals surface area contributed by atoms with Gasteiger partial charge in [0.2, 0.25) is 0 Å². The highest BCUT2D eigenvalue weighted by Gasteiger charge is 2.18. The summed E-state index contributed by atoms with van der Waals surface area (Å²) in [5.41, 5.74) is 0.914. The normalized spacial score (nSPS) is 10.7. The largest absolute Gasteiger partial charge is 0.452 e. The molecule has 0 unspecified atom stereocenters. The molecule has 0 aliphatic heterocycles. The predicted octanol–water partition coefficient (Wildman–Crippen LogP) is 4.16. The van der Waals surface area contributed by atoms with Gasteiger partial charge in [0.15, 0.2) is 6.61 Å². The van der Waals surface area contributed by atoms with Crippen molar-refractivity contribution in [3.63, 3.8) is 0 Å². The molecule has 0 saturated heterocycles. The fourth-order valence-electron chi connectivity index (χ4n) is 2.57. The SMILES string of the molecule is CCN(Cc1ccc(Cl)s1)C(=O)COC(=O)c1cccc2cccnc12. The molecule has 26 heavy (non-hydrogen) atoms. The molecule has 3 rings (SSSR count). The van der Waals surface area contributed by atoms with Gasteiger partial charge in [-0.1, -0.05) is 29.8 Å². The van der Waals surface area contributed by atoms with Crippen LogP contribution in [-0.2, 0) is 16.1 Å². The number of nitrogens with zero attached hydrogens (tertiary/aromatic N) is 2. The van der Waals surface area contributed by atoms with Gasteiger partial charge < -0.3 is 9.64 Å². The average molecular weight is 389 g/mol. The van der Waals surface area contributed by atoms with Gasteiger partial charge in [-0.3, -0.25) is 9.78 Å². The summed E-state index contributed by atoms with van der Waals surface area (Å²) < 4.78 is 5.91. The number of pyridine rings is 1. The van der Waals surface area contributed by atoms with Crippen LogP contribution in [0.3, 0.4) is 0 Å². The number of fused-ring (bicyclic) bond motifs is 1. The summed E-state index contributed by atoms with van der Waals surface area (Å²) in [6, 6.07) is 12.6. The number of rotatable bonds is 6. The van der Waals surface area contributed by atoms with E-state index in [1.165, 1.54) is 11.3 Å². The maximum absolute atomic E-state index is 12.4. The number of carbonyl (C=O) groups excluding carboxylic acids is 2. The third-order valence-electron chi connectivity index (χ3n) is 3.89. The third kappa shape index (κ3) is 4.20. The van der Waals surface area contributed by atoms with E-state index in [1.807, 2.05) is 25.1 Å². The summed E-state index contributed by atoms with van der Waals surface area (Å²) in [6.07, 6.45) is 1.62. The van der Waals surface area contributed by atoms with Gasteiger partial charge in [-0.2, -0.15) is 0 Å². The first kappa shape index (κ1) is 18.4. The van der Waals surface area contributed by atoms with E-state index in [2.05, 4.69) is 4.98 Å². The second-order valence-electron chi connectivity index (χ2n) is 5.57. The standard InChI is InChI=1S/C19H17ClN2O3S/c1-2-22(11-14-8-9-16(20)26-14)17(23)12-25-19(24)15-7-3-5-13-6-4-10-21-18(13)15/h3-10H,2,11-12H2,1H3. The maximum atomic E-state index is 12.4. The van der Waals surface area contributed by atoms with Crippen LogP contribution in [-0.4, -0.2) is 34.9 Å². The molecule has 1 aromatic carbocycles. The number of likely N-dealkylation sites (N-methyl/N-ethyl adjacent to an activating group) is 1. The lowest BCUT2D eigenvalue weighted by Crippen LogP contribution is -2.33. The first-order chi connectivity index (χ1) is 12.6. The molecule has 0 spiro atoms. The molecule has 2 heterocycles. The first-order valence-electron chi connectivity index (χ1n) is 8.11. The molecule has 0 atom stereocenters. The van der Waals surface area contributed by atoms with Gasteiger partial charge in [0, 0.05) is 23.0 Å². The van der Waals surface area contributed by atoms with E-state index < -0.39 is 5.97 Å². The van der Waals surface area contributed by atoms with Gasteiger partial charge in [-0.25, -0.2) is 4.79 Å². The van der Waals surface area contributed by atoms with Crippen LogP contribution in [0.5, 0.6) is 0 Å². The zero-order chi connectivity index (χ0) is 18.5. The summed E-state index contributed by atoms with van der Waals surface area (Å²) >= 11 is 7.35. The van der Waals surface area contributed by atoms with Crippen molar-refractivity contribution in [3.05, 3.63) is 63.4 Å². The lowest BCUT2D eigenvalue weighted by atomic mass is 10.1. The van der Waals surface area contributed by atoms with E-state index in [0.29, 0.717) is 28.5 Å². The van der Waals surface area contributed by atoms with Gasteiger partial charge in [-0.05, 0) is 31.2 Å². The van der Waals surface area contributed by atoms with Crippen LogP contribution in [0.1, 0.15) is 22.2 Å². The molecule has 0 radical (unpaired) electrons. The Kier molecular flexibility index (Phi) is 5.85. The molecule has 2 aromatic heterocycles. The number of aromatic nitrogens is 1. The Hall–Kier alpha value is -2.44. The smallest absolute Gasteiger partial charge is 0.340 e. The Morgan fingerprint density at radius 2 is 2.00 bits per heavy atom. The Labute approximate surface area is 160 Å². The number of ether oxygens (including phenoxy) is 1. The summed E-state index contributed by atoms with van der Waals surface area (Å²) in [5, 5.41) is 0.845. The molecule has 0 fully saturated rings. The van der Waals surface area contributed by atoms with Crippen LogP contribution in [0.25, 0.3) is 10.9 Å². The minimum atomic E-state index is -0.558. The van der Waals surface area contributed by atoms with Crippen molar-refractivity contribution in [2.24, 2.45) is 0 Å². The van der Waals surface area contributed by atoms with Crippen molar-refractivity contribution in [1.82, 2.24) is 9.88 Å². The van der Waals surface area contributed by atoms with Gasteiger partial charge >= 0.3 is 5.97 Å². The van der Waals surface area contributed by atoms with E-state index in [9.17, 15) is 9.59 Å². The molecule has 0 bridgehead atoms. The predicted molar refractivity (Wildman–Crippen MR) is 102 cm³/mol. The number of esters is 1. The van der Waals surface area contributed by atoms with Crippen molar-refractivity contribution in [2.75, 3.05) is 13.2 Å². The Balaban J connectivity index is 1.65. The molecular weight excluding hydrogens is 372 g/mol. The second-order valence-corrected chi connectivity index (χ2v) is 7.37. The summed E-state index contributed by atoms with van der Waals surface area (Å²) in [4.78, 5) is 31.6. The molecule has 1 amide bonds. The molecule has 0 aliphatic rings. The van der Waals surface area contributed by atoms with Gasteiger partial charge in [0.1, 0.15) is 0 Å². The zero-order valence-corrected chi connectivity index (χ0v) is 15.7. The van der Waals surface area contributed by atoms with E-state index in [1.54, 1.807) is 35.4 Å². The molecule has 3 aromatic rings. The van der Waals surface area contributed by atoms with E-state index in [-0.39, 0.29) is 12.5 Å². The lowest BCUT2D eigenvalue weighted by molar-refractivity contribution is -0.134. The highest BCUT2D eigenvalue weighted by Crippen LogP contribution is 2.23. The highest BCUT2D eigenvalue weighted by molar-refractivity contribution is 7.16. The second kappa shape index (κ2) is 8.29. The summed E-state index contributed by atoms with van der Waals surface area (Å²) in [5.74, 6) is -0.809. The molecule has 7 heteroatoms. The molecule has 134 valence electrons. The first-order valence-corrected chi connectivity index (χ1v) is 9.30. The Bertz CT molecular complexity index is 936. The quantitative estimate of drug-likeness (QED) is 0.595. The summed E-state index contributed by atoms with van der Waals surface area (Å²) in [6.45, 7) is 2.53. The van der Waals surface area contributed by atoms with Gasteiger partial charge in [0.25, 0.3) is 5.91 Å². The Morgan fingerprint density at radius 1 is 1.19 bits per heavy atom. The third-order valence-corrected chi connectivity index (χ3v) is 5.11. The average Bonchev–Trinajstić information content (AvgIpc) is 3.08. The number of halogens is 1. The molecule has 0 aliphatic carbocycles. The zero-order valence-electron chi connectivity index (χ0n) is 14.1. The van der Waals surface area contributed by atoms with Crippen molar-refractivity contribution >= 4 is 45.7 Å². The number of benzene rings is 1. The fourth-order valence-corrected chi connectivity index (χ4v) is 3.67. The van der Waals surface area contributed by atoms with Crippen LogP contribution in [0.4, 0.5) is 0 Å². The maximum Gasteiger partial charge on any atom is 0.340 e. The number of hydrogen-bond donors (Lipinski definition) is 0. The minimum Gasteiger partial charge on any atom is -0.452 e. The lowest BCUT2D eigenvalue weighted by Gasteiger charge is -2.20. The molecule has 0 N–H and O–H groups in total. The number of carbonyl (C=O) groups is 2. The number of thiophene rings is 1. The highest BCUT2D eigenvalue weighted by atomic mass is 35.5. The fraction of sp³-hybridized carbons (Fsp3) is 0.211. The molecule has 5 nitrogen and oxygen atoms in total. The number of amides is 1. The van der Waals surface area contributed by atoms with Gasteiger partial charge in [-0.15, -0.1) is 11.3 Å². The van der Waals surface area contributed by atoms with Crippen LogP contribution < -0.4 is 0 Å². The van der Waals surface area contributed by atoms with E-state index in [0.717, 1.165) is 10.3 Å². The monoisotopic (exact) mass is 388 g/mol. The van der Waals surface area contributed by atoms with Crippen molar-refractivity contribution in [3.8, 4) is 0 Å². The van der Waals surface area contributed by atoms with Crippen molar-refractivity contribution < 1.29 is 14.3 Å². The number of hydrogen-bond acceptors (Lipinski definition) is 5. The van der Waals surface area contributed by atoms with Crippen LogP contribution >= 0.6 is 22.9 Å².